The van der Waals surface area contributed by atoms with Crippen molar-refractivity contribution in [3.63, 3.8) is 0 Å². The van der Waals surface area contributed by atoms with Crippen molar-refractivity contribution < 1.29 is 49.3 Å². The number of carbonyl (C=O) groups is 2. The van der Waals surface area contributed by atoms with Crippen molar-refractivity contribution >= 4 is 11.6 Å². The van der Waals surface area contributed by atoms with E-state index in [1.54, 1.807) is 25.1 Å². The molecular formula is C27H31NO10. The molecule has 2 aliphatic carbocycles. The molecule has 0 spiro atoms. The second kappa shape index (κ2) is 9.60. The molecule has 6 unspecified atom stereocenters. The molecule has 1 aliphatic heterocycles. The van der Waals surface area contributed by atoms with Crippen molar-refractivity contribution in [3.05, 3.63) is 51.6 Å². The first-order valence-electron chi connectivity index (χ1n) is 12.4. The van der Waals surface area contributed by atoms with Gasteiger partial charge in [0.15, 0.2) is 17.9 Å². The van der Waals surface area contributed by atoms with Crippen LogP contribution in [0.3, 0.4) is 0 Å². The van der Waals surface area contributed by atoms with Gasteiger partial charge < -0.3 is 45.5 Å². The van der Waals surface area contributed by atoms with Crippen LogP contribution in [0.25, 0.3) is 0 Å². The number of phenolic OH excluding ortho intramolecular Hbond substituents is 2. The van der Waals surface area contributed by atoms with Crippen molar-refractivity contribution in [2.45, 2.75) is 68.9 Å². The summed E-state index contributed by atoms with van der Waals surface area (Å²) in [4.78, 5) is 26.1. The number of Topliss-reactive ketones (excluding diaryl/α,β-unsaturated/α-hetero) is 1. The number of fused-ring (bicyclic) bond motifs is 3. The molecular weight excluding hydrogens is 498 g/mol. The lowest BCUT2D eigenvalue weighted by Crippen LogP contribution is -2.53. The number of hydrogen-bond acceptors (Lipinski definition) is 11. The van der Waals surface area contributed by atoms with Crippen LogP contribution in [0.15, 0.2) is 18.2 Å². The number of hydrogen-bond donors (Lipinski definition) is 6. The second-order valence-corrected chi connectivity index (χ2v) is 10.2. The van der Waals surface area contributed by atoms with Gasteiger partial charge in [-0.15, -0.1) is 0 Å². The third-order valence-corrected chi connectivity index (χ3v) is 7.91. The Hall–Kier alpha value is -3.06. The number of methoxy groups -OCH3 is 1. The molecule has 0 saturated carbocycles. The first-order chi connectivity index (χ1) is 18.0. The monoisotopic (exact) mass is 529 g/mol. The summed E-state index contributed by atoms with van der Waals surface area (Å²) in [5.41, 5.74) is 4.84. The summed E-state index contributed by atoms with van der Waals surface area (Å²) < 4.78 is 17.3. The molecule has 6 atom stereocenters. The third kappa shape index (κ3) is 4.06. The SMILES string of the molecule is COc1cccc2c1Cc1c(O)c3c(c(O)c1C2=O)CC(O)(C(=O)CO)CC3OC1CC(N)C(O)C(C)O1. The number of rotatable bonds is 5. The molecule has 7 N–H and O–H groups in total. The van der Waals surface area contributed by atoms with Crippen molar-refractivity contribution in [2.24, 2.45) is 5.73 Å². The molecule has 5 rings (SSSR count). The number of benzene rings is 2. The molecule has 2 aromatic carbocycles. The minimum Gasteiger partial charge on any atom is -0.507 e. The fraction of sp³-hybridized carbons (Fsp3) is 0.481. The first kappa shape index (κ1) is 26.5. The molecule has 0 aromatic heterocycles. The summed E-state index contributed by atoms with van der Waals surface area (Å²) >= 11 is 0. The van der Waals surface area contributed by atoms with Crippen LogP contribution in [0, 0.1) is 0 Å². The van der Waals surface area contributed by atoms with Gasteiger partial charge in [-0.05, 0) is 13.0 Å². The summed E-state index contributed by atoms with van der Waals surface area (Å²) in [6, 6.07) is 4.26. The molecule has 0 radical (unpaired) electrons. The van der Waals surface area contributed by atoms with Gasteiger partial charge in [0.1, 0.15) is 29.5 Å². The number of aliphatic hydroxyl groups excluding tert-OH is 2. The van der Waals surface area contributed by atoms with Gasteiger partial charge in [-0.1, -0.05) is 12.1 Å². The van der Waals surface area contributed by atoms with E-state index in [1.165, 1.54) is 7.11 Å². The number of ketones is 2. The van der Waals surface area contributed by atoms with Crippen LogP contribution in [0.1, 0.15) is 64.0 Å². The Bertz CT molecular complexity index is 1300. The van der Waals surface area contributed by atoms with Gasteiger partial charge in [0.2, 0.25) is 0 Å². The largest absolute Gasteiger partial charge is 0.507 e. The Morgan fingerprint density at radius 3 is 2.61 bits per heavy atom. The van der Waals surface area contributed by atoms with Crippen molar-refractivity contribution in [3.8, 4) is 17.2 Å². The number of phenols is 2. The average Bonchev–Trinajstić information content (AvgIpc) is 2.89. The Morgan fingerprint density at radius 2 is 1.95 bits per heavy atom. The molecule has 11 nitrogen and oxygen atoms in total. The zero-order chi connectivity index (χ0) is 27.5. The van der Waals surface area contributed by atoms with E-state index >= 15 is 0 Å². The molecule has 3 aliphatic rings. The van der Waals surface area contributed by atoms with Gasteiger partial charge in [0.05, 0.1) is 31.0 Å². The highest BCUT2D eigenvalue weighted by Gasteiger charge is 2.49. The molecule has 38 heavy (non-hydrogen) atoms. The fourth-order valence-electron chi connectivity index (χ4n) is 5.86. The van der Waals surface area contributed by atoms with Crippen LogP contribution in [0.5, 0.6) is 17.2 Å². The van der Waals surface area contributed by atoms with Gasteiger partial charge in [0.25, 0.3) is 0 Å². The summed E-state index contributed by atoms with van der Waals surface area (Å²) in [6.07, 6.45) is -4.38. The Morgan fingerprint density at radius 1 is 1.21 bits per heavy atom. The predicted octanol–water partition coefficient (Wildman–Crippen LogP) is 0.361. The van der Waals surface area contributed by atoms with E-state index in [4.69, 9.17) is 19.9 Å². The molecule has 1 heterocycles. The van der Waals surface area contributed by atoms with Crippen molar-refractivity contribution in [2.75, 3.05) is 13.7 Å². The lowest BCUT2D eigenvalue weighted by Gasteiger charge is -2.42. The number of aromatic hydroxyl groups is 2. The fourth-order valence-corrected chi connectivity index (χ4v) is 5.86. The van der Waals surface area contributed by atoms with E-state index in [0.29, 0.717) is 16.9 Å². The van der Waals surface area contributed by atoms with Crippen LogP contribution in [-0.4, -0.2) is 81.0 Å². The molecule has 0 amide bonds. The quantitative estimate of drug-likeness (QED) is 0.250. The summed E-state index contributed by atoms with van der Waals surface area (Å²) in [5, 5.41) is 53.8. The number of nitrogens with two attached hydrogens (primary N) is 1. The highest BCUT2D eigenvalue weighted by molar-refractivity contribution is 6.15. The number of ether oxygens (including phenoxy) is 3. The Balaban J connectivity index is 1.64. The van der Waals surface area contributed by atoms with Crippen LogP contribution >= 0.6 is 0 Å². The highest BCUT2D eigenvalue weighted by atomic mass is 16.7. The molecule has 0 bridgehead atoms. The molecule has 2 aromatic rings. The van der Waals surface area contributed by atoms with Crippen molar-refractivity contribution in [1.82, 2.24) is 0 Å². The van der Waals surface area contributed by atoms with E-state index in [0.717, 1.165) is 0 Å². The van der Waals surface area contributed by atoms with Gasteiger partial charge in [-0.25, -0.2) is 0 Å². The highest BCUT2D eigenvalue weighted by Crippen LogP contribution is 2.52. The summed E-state index contributed by atoms with van der Waals surface area (Å²) in [6.45, 7) is 0.660. The first-order valence-corrected chi connectivity index (χ1v) is 12.4. The van der Waals surface area contributed by atoms with E-state index in [9.17, 15) is 35.1 Å². The van der Waals surface area contributed by atoms with E-state index in [-0.39, 0.29) is 47.3 Å². The maximum Gasteiger partial charge on any atom is 0.197 e. The predicted molar refractivity (Wildman–Crippen MR) is 131 cm³/mol. The smallest absolute Gasteiger partial charge is 0.197 e. The second-order valence-electron chi connectivity index (χ2n) is 10.2. The maximum absolute atomic E-state index is 13.5. The minimum absolute atomic E-state index is 0.0327. The van der Waals surface area contributed by atoms with E-state index in [2.05, 4.69) is 0 Å². The summed E-state index contributed by atoms with van der Waals surface area (Å²) in [7, 11) is 1.47. The van der Waals surface area contributed by atoms with E-state index in [1.807, 2.05) is 0 Å². The zero-order valence-corrected chi connectivity index (χ0v) is 21.0. The van der Waals surface area contributed by atoms with Gasteiger partial charge >= 0.3 is 0 Å². The molecule has 1 saturated heterocycles. The summed E-state index contributed by atoms with van der Waals surface area (Å²) in [5.74, 6) is -1.78. The van der Waals surface area contributed by atoms with Crippen molar-refractivity contribution in [1.29, 1.82) is 0 Å². The van der Waals surface area contributed by atoms with Crippen LogP contribution in [0.4, 0.5) is 0 Å². The standard InChI is InChI=1S/C27H31NO10/c1-11-23(31)16(28)7-20(37-11)38-18-9-27(35,19(30)10-29)8-15-21(18)25(33)14-6-13-12(4-3-5-17(13)36-2)24(32)22(14)26(15)34/h3-5,11,16,18,20,23,29,31,33-35H,6-10,28H2,1-2H3. The normalized spacial score (nSPS) is 30.3. The molecule has 204 valence electrons. The molecule has 1 fully saturated rings. The van der Waals surface area contributed by atoms with Gasteiger partial charge in [-0.3, -0.25) is 9.59 Å². The average molecular weight is 530 g/mol. The minimum atomic E-state index is -2.15. The third-order valence-electron chi connectivity index (χ3n) is 7.91. The zero-order valence-electron chi connectivity index (χ0n) is 21.0. The van der Waals surface area contributed by atoms with Crippen LogP contribution in [-0.2, 0) is 27.1 Å². The topological polar surface area (TPSA) is 189 Å². The molecule has 11 heteroatoms. The van der Waals surface area contributed by atoms with E-state index < -0.39 is 66.6 Å². The Labute approximate surface area is 218 Å². The van der Waals surface area contributed by atoms with Crippen LogP contribution in [0.2, 0.25) is 0 Å². The van der Waals surface area contributed by atoms with Gasteiger partial charge in [-0.2, -0.15) is 0 Å². The lowest BCUT2D eigenvalue weighted by atomic mass is 9.72. The number of aliphatic hydroxyl groups is 3. The maximum atomic E-state index is 13.5. The Kier molecular flexibility index (Phi) is 6.70. The van der Waals surface area contributed by atoms with Crippen LogP contribution < -0.4 is 10.5 Å². The number of carbonyl (C=O) groups excluding carboxylic acids is 2. The lowest BCUT2D eigenvalue weighted by molar-refractivity contribution is -0.247. The van der Waals surface area contributed by atoms with Gasteiger partial charge in [0, 0.05) is 59.5 Å².